The average molecular weight is 941 g/mol. The van der Waals surface area contributed by atoms with Crippen LogP contribution in [0.5, 0.6) is 0 Å². The van der Waals surface area contributed by atoms with Crippen molar-refractivity contribution in [1.82, 2.24) is 18.3 Å². The summed E-state index contributed by atoms with van der Waals surface area (Å²) in [6.07, 6.45) is 0. The Labute approximate surface area is 425 Å². The fourth-order valence-electron chi connectivity index (χ4n) is 12.0. The van der Waals surface area contributed by atoms with Crippen LogP contribution in [0.3, 0.4) is 0 Å². The number of nitriles is 1. The fourth-order valence-corrected chi connectivity index (χ4v) is 12.0. The fraction of sp³-hybridized carbons (Fsp3) is 0. The molecule has 0 N–H and O–H groups in total. The summed E-state index contributed by atoms with van der Waals surface area (Å²) in [5.41, 5.74) is 17.6. The molecule has 0 radical (unpaired) electrons. The summed E-state index contributed by atoms with van der Waals surface area (Å²) in [5.74, 6) is 0. The first kappa shape index (κ1) is 41.4. The van der Waals surface area contributed by atoms with Gasteiger partial charge < -0.3 is 18.3 Å². The minimum absolute atomic E-state index is 0.492. The van der Waals surface area contributed by atoms with Crippen molar-refractivity contribution in [2.45, 2.75) is 0 Å². The second kappa shape index (κ2) is 16.1. The van der Waals surface area contributed by atoms with E-state index >= 15 is 0 Å². The Morgan fingerprint density at radius 1 is 0.297 bits per heavy atom. The van der Waals surface area contributed by atoms with Crippen molar-refractivity contribution in [1.29, 1.82) is 5.26 Å². The maximum atomic E-state index is 10.7. The van der Waals surface area contributed by atoms with Gasteiger partial charge in [-0.05, 0) is 131 Å². The van der Waals surface area contributed by atoms with Crippen molar-refractivity contribution in [3.8, 4) is 51.1 Å². The average Bonchev–Trinajstić information content (AvgIpc) is 4.20. The molecular formula is C68H40N6. The number of aromatic nitrogens is 4. The Morgan fingerprint density at radius 3 is 0.946 bits per heavy atom. The summed E-state index contributed by atoms with van der Waals surface area (Å²) in [5, 5.41) is 20.3. The van der Waals surface area contributed by atoms with Gasteiger partial charge in [0.15, 0.2) is 5.69 Å². The highest BCUT2D eigenvalue weighted by Crippen LogP contribution is 2.42. The molecule has 0 unspecified atom stereocenters. The van der Waals surface area contributed by atoms with E-state index in [1.165, 1.54) is 65.2 Å². The zero-order valence-electron chi connectivity index (χ0n) is 39.8. The summed E-state index contributed by atoms with van der Waals surface area (Å²) in [4.78, 5) is 4.04. The molecule has 0 aliphatic rings. The van der Waals surface area contributed by atoms with Gasteiger partial charge in [0.1, 0.15) is 0 Å². The topological polar surface area (TPSA) is 47.9 Å². The summed E-state index contributed by atoms with van der Waals surface area (Å²) < 4.78 is 9.36. The van der Waals surface area contributed by atoms with Crippen LogP contribution < -0.4 is 0 Å². The summed E-state index contributed by atoms with van der Waals surface area (Å²) in [6.45, 7) is 8.37. The van der Waals surface area contributed by atoms with E-state index in [1.807, 2.05) is 12.1 Å². The monoisotopic (exact) mass is 940 g/mol. The van der Waals surface area contributed by atoms with Gasteiger partial charge in [0.2, 0.25) is 0 Å². The number of para-hydroxylation sites is 6. The highest BCUT2D eigenvalue weighted by molar-refractivity contribution is 6.14. The molecule has 74 heavy (non-hydrogen) atoms. The smallest absolute Gasteiger partial charge is 0.195 e. The lowest BCUT2D eigenvalue weighted by molar-refractivity contribution is 1.16. The second-order valence-electron chi connectivity index (χ2n) is 19.1. The van der Waals surface area contributed by atoms with Gasteiger partial charge in [-0.3, -0.25) is 0 Å². The number of benzene rings is 11. The van der Waals surface area contributed by atoms with Crippen LogP contribution in [0.15, 0.2) is 243 Å². The summed E-state index contributed by atoms with van der Waals surface area (Å²) >= 11 is 0. The normalized spacial score (nSPS) is 11.8. The van der Waals surface area contributed by atoms with E-state index in [2.05, 4.69) is 260 Å². The lowest BCUT2D eigenvalue weighted by Gasteiger charge is -2.14. The van der Waals surface area contributed by atoms with Crippen LogP contribution in [-0.2, 0) is 0 Å². The van der Waals surface area contributed by atoms with Crippen LogP contribution in [0.25, 0.3) is 137 Å². The Kier molecular flexibility index (Phi) is 8.99. The molecule has 15 aromatic rings. The first-order chi connectivity index (χ1) is 36.6. The molecule has 342 valence electrons. The van der Waals surface area contributed by atoms with Crippen molar-refractivity contribution in [2.24, 2.45) is 0 Å². The number of hydrogen-bond acceptors (Lipinski definition) is 1. The molecule has 0 spiro atoms. The van der Waals surface area contributed by atoms with E-state index in [0.29, 0.717) is 11.3 Å². The third kappa shape index (κ3) is 6.04. The van der Waals surface area contributed by atoms with Crippen molar-refractivity contribution < 1.29 is 0 Å². The van der Waals surface area contributed by atoms with Crippen LogP contribution in [0.4, 0.5) is 5.69 Å². The quantitative estimate of drug-likeness (QED) is 0.153. The molecule has 15 rings (SSSR count). The predicted octanol–water partition coefficient (Wildman–Crippen LogP) is 17.8. The Bertz CT molecular complexity index is 4490. The van der Waals surface area contributed by atoms with Crippen LogP contribution in [0.2, 0.25) is 0 Å². The minimum atomic E-state index is 0.492. The van der Waals surface area contributed by atoms with Crippen LogP contribution in [0.1, 0.15) is 5.56 Å². The van der Waals surface area contributed by atoms with Crippen LogP contribution in [-0.4, -0.2) is 18.3 Å². The molecule has 4 heterocycles. The first-order valence-electron chi connectivity index (χ1n) is 24.8. The summed E-state index contributed by atoms with van der Waals surface area (Å²) in [6, 6.07) is 88.1. The number of fused-ring (bicyclic) bond motifs is 12. The van der Waals surface area contributed by atoms with Gasteiger partial charge in [-0.2, -0.15) is 5.26 Å². The molecule has 0 saturated heterocycles. The molecule has 4 aromatic heterocycles. The molecule has 0 aliphatic carbocycles. The maximum Gasteiger partial charge on any atom is 0.195 e. The molecule has 0 atom stereocenters. The van der Waals surface area contributed by atoms with E-state index in [9.17, 15) is 5.26 Å². The third-order valence-corrected chi connectivity index (χ3v) is 15.2. The van der Waals surface area contributed by atoms with E-state index < -0.39 is 0 Å². The SMILES string of the molecule is [C-]#[N+]c1cc(-c2ccc(-n3c4ccccc4c4cc(-n5c6ccccc6c6ccccc65)ccc43)cc2)c(C#N)cc1-c1ccc(-n2c3ccccc3c3cc(-n4c5ccccc5c5ccccc54)ccc32)cc1. The molecule has 6 heteroatoms. The van der Waals surface area contributed by atoms with Gasteiger partial charge in [-0.1, -0.05) is 133 Å². The molecule has 0 saturated carbocycles. The van der Waals surface area contributed by atoms with Gasteiger partial charge in [-0.25, -0.2) is 4.85 Å². The zero-order valence-corrected chi connectivity index (χ0v) is 39.8. The molecular weight excluding hydrogens is 901 g/mol. The Balaban J connectivity index is 0.776. The van der Waals surface area contributed by atoms with E-state index in [0.717, 1.165) is 67.1 Å². The van der Waals surface area contributed by atoms with Gasteiger partial charge in [0, 0.05) is 65.8 Å². The van der Waals surface area contributed by atoms with E-state index in [4.69, 9.17) is 6.57 Å². The second-order valence-corrected chi connectivity index (χ2v) is 19.1. The molecule has 6 nitrogen and oxygen atoms in total. The van der Waals surface area contributed by atoms with Gasteiger partial charge in [0.25, 0.3) is 0 Å². The third-order valence-electron chi connectivity index (χ3n) is 15.2. The largest absolute Gasteiger partial charge is 0.309 e. The minimum Gasteiger partial charge on any atom is -0.309 e. The predicted molar refractivity (Wildman–Crippen MR) is 306 cm³/mol. The highest BCUT2D eigenvalue weighted by Gasteiger charge is 2.20. The Morgan fingerprint density at radius 2 is 0.595 bits per heavy atom. The molecule has 0 fully saturated rings. The highest BCUT2D eigenvalue weighted by atomic mass is 15.0. The van der Waals surface area contributed by atoms with Gasteiger partial charge in [0.05, 0.1) is 62.3 Å². The van der Waals surface area contributed by atoms with Gasteiger partial charge >= 0.3 is 0 Å². The lowest BCUT2D eigenvalue weighted by Crippen LogP contribution is -1.96. The standard InChI is InChI=1S/C68H40N6/c1-70-60-41-56(43-26-30-46(31-27-43)71-65-24-12-6-18-54(65)58-39-48(34-36-67(58)71)73-61-20-8-2-14-50(61)51-15-3-9-21-62(51)73)45(42-69)38-57(60)44-28-32-47(33-29-44)72-66-25-13-7-19-55(66)59-40-49(35-37-68(59)72)74-63-22-10-4-16-52(63)53-17-5-11-23-64(53)74/h2-41H. The summed E-state index contributed by atoms with van der Waals surface area (Å²) in [7, 11) is 0. The molecule has 0 aliphatic heterocycles. The van der Waals surface area contributed by atoms with Crippen LogP contribution >= 0.6 is 0 Å². The first-order valence-corrected chi connectivity index (χ1v) is 24.8. The molecule has 11 aromatic carbocycles. The van der Waals surface area contributed by atoms with Crippen molar-refractivity contribution in [3.05, 3.63) is 260 Å². The lowest BCUT2D eigenvalue weighted by atomic mass is 9.93. The van der Waals surface area contributed by atoms with E-state index in [-0.39, 0.29) is 0 Å². The van der Waals surface area contributed by atoms with Crippen molar-refractivity contribution in [3.63, 3.8) is 0 Å². The number of hydrogen-bond donors (Lipinski definition) is 0. The molecule has 0 amide bonds. The van der Waals surface area contributed by atoms with Crippen LogP contribution in [0, 0.1) is 17.9 Å². The maximum absolute atomic E-state index is 10.7. The zero-order chi connectivity index (χ0) is 49.0. The van der Waals surface area contributed by atoms with Gasteiger partial charge in [-0.15, -0.1) is 0 Å². The number of nitrogens with zero attached hydrogens (tertiary/aromatic N) is 6. The van der Waals surface area contributed by atoms with Crippen molar-refractivity contribution >= 4 is 92.9 Å². The molecule has 0 bridgehead atoms. The Hall–Kier alpha value is -10.4. The van der Waals surface area contributed by atoms with E-state index in [1.54, 1.807) is 0 Å². The number of rotatable bonds is 6. The van der Waals surface area contributed by atoms with Crippen molar-refractivity contribution in [2.75, 3.05) is 0 Å².